The summed E-state index contributed by atoms with van der Waals surface area (Å²) in [6, 6.07) is 0. The first-order valence-corrected chi connectivity index (χ1v) is 21.3. The number of carbonyl (C=O) groups excluding carboxylic acids is 2. The van der Waals surface area contributed by atoms with Crippen LogP contribution in [-0.4, -0.2) is 92.2 Å². The standard InChI is InChI=1S/C42H82N2O6/c1-8-12-14-16-18-20-22-24-26-30-43(11-4)32-28-33-44(31-27-25-23-21-19-17-15-13-9-2)34-29-35-47-42-41(49-38(7)46)40(48-37(6)45)36(5)39(10-3)50-42/h36,39-42H,8-35H2,1-7H3. The van der Waals surface area contributed by atoms with Gasteiger partial charge in [-0.05, 0) is 64.8 Å². The Morgan fingerprint density at radius 3 is 1.44 bits per heavy atom. The van der Waals surface area contributed by atoms with Gasteiger partial charge in [-0.2, -0.15) is 0 Å². The van der Waals surface area contributed by atoms with Crippen molar-refractivity contribution in [3.63, 3.8) is 0 Å². The minimum absolute atomic E-state index is 0.108. The molecule has 0 radical (unpaired) electrons. The largest absolute Gasteiger partial charge is 0.458 e. The third-order valence-corrected chi connectivity index (χ3v) is 10.5. The van der Waals surface area contributed by atoms with Crippen LogP contribution in [0.15, 0.2) is 0 Å². The molecule has 1 aliphatic rings. The highest BCUT2D eigenvalue weighted by Crippen LogP contribution is 2.32. The lowest BCUT2D eigenvalue weighted by atomic mass is 9.89. The average Bonchev–Trinajstić information content (AvgIpc) is 3.09. The van der Waals surface area contributed by atoms with Gasteiger partial charge >= 0.3 is 11.9 Å². The summed E-state index contributed by atoms with van der Waals surface area (Å²) >= 11 is 0. The molecule has 296 valence electrons. The van der Waals surface area contributed by atoms with Gasteiger partial charge in [0.05, 0.1) is 12.7 Å². The summed E-state index contributed by atoms with van der Waals surface area (Å²) < 4.78 is 23.9. The van der Waals surface area contributed by atoms with Crippen LogP contribution in [0.1, 0.15) is 183 Å². The fourth-order valence-corrected chi connectivity index (χ4v) is 7.38. The van der Waals surface area contributed by atoms with Gasteiger partial charge in [-0.15, -0.1) is 0 Å². The second-order valence-corrected chi connectivity index (χ2v) is 15.0. The minimum atomic E-state index is -0.780. The van der Waals surface area contributed by atoms with E-state index in [1.54, 1.807) is 0 Å². The molecule has 0 amide bonds. The SMILES string of the molecule is CCCCCCCCCCCN(CC)CCCN(CCCCCCCCCCC)CCCOC1OC(CC)C(C)C(OC(C)=O)C1OC(C)=O. The fraction of sp³-hybridized carbons (Fsp3) is 0.952. The molecule has 0 N–H and O–H groups in total. The molecular weight excluding hydrogens is 628 g/mol. The van der Waals surface area contributed by atoms with E-state index in [-0.39, 0.29) is 12.0 Å². The number of ether oxygens (including phenoxy) is 4. The third-order valence-electron chi connectivity index (χ3n) is 10.5. The Balaban J connectivity index is 2.61. The van der Waals surface area contributed by atoms with Crippen LogP contribution in [0.25, 0.3) is 0 Å². The second-order valence-electron chi connectivity index (χ2n) is 15.0. The Morgan fingerprint density at radius 1 is 0.540 bits per heavy atom. The number of hydrogen-bond acceptors (Lipinski definition) is 8. The summed E-state index contributed by atoms with van der Waals surface area (Å²) in [4.78, 5) is 29.2. The Kier molecular flexibility index (Phi) is 29.3. The molecule has 8 heteroatoms. The molecule has 1 rings (SSSR count). The van der Waals surface area contributed by atoms with E-state index in [0.717, 1.165) is 45.6 Å². The van der Waals surface area contributed by atoms with Crippen LogP contribution >= 0.6 is 0 Å². The van der Waals surface area contributed by atoms with E-state index >= 15 is 0 Å². The summed E-state index contributed by atoms with van der Waals surface area (Å²) in [7, 11) is 0. The molecule has 0 spiro atoms. The summed E-state index contributed by atoms with van der Waals surface area (Å²) in [6.07, 6.45) is 25.0. The van der Waals surface area contributed by atoms with Gasteiger partial charge < -0.3 is 28.7 Å². The lowest BCUT2D eigenvalue weighted by Gasteiger charge is -2.44. The molecule has 0 aromatic rings. The zero-order chi connectivity index (χ0) is 36.8. The van der Waals surface area contributed by atoms with Crippen LogP contribution < -0.4 is 0 Å². The molecule has 1 heterocycles. The van der Waals surface area contributed by atoms with Crippen molar-refractivity contribution in [2.75, 3.05) is 45.9 Å². The van der Waals surface area contributed by atoms with Crippen molar-refractivity contribution < 1.29 is 28.5 Å². The van der Waals surface area contributed by atoms with Crippen molar-refractivity contribution in [3.8, 4) is 0 Å². The highest BCUT2D eigenvalue weighted by molar-refractivity contribution is 5.67. The highest BCUT2D eigenvalue weighted by Gasteiger charge is 2.47. The first-order chi connectivity index (χ1) is 24.3. The molecule has 1 fully saturated rings. The van der Waals surface area contributed by atoms with Gasteiger partial charge in [-0.3, -0.25) is 9.59 Å². The summed E-state index contributed by atoms with van der Waals surface area (Å²) in [6.45, 7) is 20.9. The van der Waals surface area contributed by atoms with E-state index in [9.17, 15) is 9.59 Å². The van der Waals surface area contributed by atoms with Gasteiger partial charge in [0.15, 0.2) is 12.4 Å². The highest BCUT2D eigenvalue weighted by atomic mass is 16.7. The van der Waals surface area contributed by atoms with E-state index in [1.807, 2.05) is 6.92 Å². The monoisotopic (exact) mass is 711 g/mol. The average molecular weight is 711 g/mol. The maximum atomic E-state index is 12.0. The molecule has 0 aromatic heterocycles. The third kappa shape index (κ3) is 22.7. The number of rotatable bonds is 33. The molecule has 1 saturated heterocycles. The zero-order valence-corrected chi connectivity index (χ0v) is 34.0. The van der Waals surface area contributed by atoms with E-state index in [0.29, 0.717) is 6.61 Å². The van der Waals surface area contributed by atoms with E-state index in [4.69, 9.17) is 18.9 Å². The Labute approximate surface area is 309 Å². The van der Waals surface area contributed by atoms with E-state index < -0.39 is 30.4 Å². The van der Waals surface area contributed by atoms with Gasteiger partial charge in [0.1, 0.15) is 6.10 Å². The van der Waals surface area contributed by atoms with Gasteiger partial charge in [0.2, 0.25) is 0 Å². The molecule has 50 heavy (non-hydrogen) atoms. The summed E-state index contributed by atoms with van der Waals surface area (Å²) in [5.74, 6) is -0.933. The van der Waals surface area contributed by atoms with Gasteiger partial charge in [0.25, 0.3) is 0 Å². The zero-order valence-electron chi connectivity index (χ0n) is 34.0. The lowest BCUT2D eigenvalue weighted by molar-refractivity contribution is -0.290. The summed E-state index contributed by atoms with van der Waals surface area (Å²) in [5.41, 5.74) is 0. The number of esters is 2. The normalized spacial score (nSPS) is 20.9. The first-order valence-electron chi connectivity index (χ1n) is 21.3. The molecule has 1 aliphatic heterocycles. The number of hydrogen-bond donors (Lipinski definition) is 0. The Hall–Kier alpha value is -1.22. The molecular formula is C42H82N2O6. The molecule has 0 aliphatic carbocycles. The number of unbranched alkanes of at least 4 members (excludes halogenated alkanes) is 16. The molecule has 0 bridgehead atoms. The van der Waals surface area contributed by atoms with Crippen molar-refractivity contribution >= 4 is 11.9 Å². The predicted octanol–water partition coefficient (Wildman–Crippen LogP) is 10.1. The van der Waals surface area contributed by atoms with Crippen LogP contribution in [0.2, 0.25) is 0 Å². The molecule has 0 aromatic carbocycles. The fourth-order valence-electron chi connectivity index (χ4n) is 7.38. The quantitative estimate of drug-likeness (QED) is 0.0492. The van der Waals surface area contributed by atoms with Crippen LogP contribution in [0.3, 0.4) is 0 Å². The minimum Gasteiger partial charge on any atom is -0.458 e. The van der Waals surface area contributed by atoms with Crippen LogP contribution in [0.4, 0.5) is 0 Å². The number of carbonyl (C=O) groups is 2. The van der Waals surface area contributed by atoms with Crippen LogP contribution in [-0.2, 0) is 28.5 Å². The first kappa shape index (κ1) is 46.8. The van der Waals surface area contributed by atoms with Crippen LogP contribution in [0.5, 0.6) is 0 Å². The molecule has 0 saturated carbocycles. The van der Waals surface area contributed by atoms with Crippen molar-refractivity contribution in [2.45, 2.75) is 208 Å². The second kappa shape index (κ2) is 31.3. The van der Waals surface area contributed by atoms with Crippen molar-refractivity contribution in [2.24, 2.45) is 5.92 Å². The molecule has 5 atom stereocenters. The van der Waals surface area contributed by atoms with Crippen molar-refractivity contribution in [3.05, 3.63) is 0 Å². The van der Waals surface area contributed by atoms with Crippen LogP contribution in [0, 0.1) is 5.92 Å². The van der Waals surface area contributed by atoms with Gasteiger partial charge in [-0.25, -0.2) is 0 Å². The molecule has 8 nitrogen and oxygen atoms in total. The Morgan fingerprint density at radius 2 is 0.960 bits per heavy atom. The van der Waals surface area contributed by atoms with E-state index in [2.05, 4.69) is 37.5 Å². The maximum Gasteiger partial charge on any atom is 0.303 e. The van der Waals surface area contributed by atoms with Crippen molar-refractivity contribution in [1.82, 2.24) is 9.80 Å². The van der Waals surface area contributed by atoms with Gasteiger partial charge in [-0.1, -0.05) is 137 Å². The number of nitrogens with zero attached hydrogens (tertiary/aromatic N) is 2. The van der Waals surface area contributed by atoms with Gasteiger partial charge in [0, 0.05) is 26.3 Å². The molecule has 5 unspecified atom stereocenters. The predicted molar refractivity (Wildman–Crippen MR) is 207 cm³/mol. The van der Waals surface area contributed by atoms with Crippen molar-refractivity contribution in [1.29, 1.82) is 0 Å². The Bertz CT molecular complexity index is 813. The summed E-state index contributed by atoms with van der Waals surface area (Å²) in [5, 5.41) is 0. The maximum absolute atomic E-state index is 12.0. The topological polar surface area (TPSA) is 77.5 Å². The smallest absolute Gasteiger partial charge is 0.303 e. The lowest BCUT2D eigenvalue weighted by Crippen LogP contribution is -2.57. The van der Waals surface area contributed by atoms with E-state index in [1.165, 1.54) is 142 Å².